The predicted octanol–water partition coefficient (Wildman–Crippen LogP) is 4.03. The number of alkyl carbamates (subject to hydrolysis) is 2. The Morgan fingerprint density at radius 1 is 0.569 bits per heavy atom. The fourth-order valence-corrected chi connectivity index (χ4v) is 6.26. The van der Waals surface area contributed by atoms with Crippen molar-refractivity contribution in [3.05, 3.63) is 24.3 Å². The van der Waals surface area contributed by atoms with Crippen LogP contribution in [0.15, 0.2) is 24.3 Å². The van der Waals surface area contributed by atoms with Crippen LogP contribution in [0, 0.1) is 0 Å². The van der Waals surface area contributed by atoms with E-state index in [4.69, 9.17) is 39.3 Å². The molecule has 4 unspecified atom stereocenters. The molecule has 0 heterocycles. The predicted molar refractivity (Wildman–Crippen MR) is 217 cm³/mol. The van der Waals surface area contributed by atoms with Gasteiger partial charge in [0.25, 0.3) is 0 Å². The molecule has 0 saturated carbocycles. The van der Waals surface area contributed by atoms with Crippen LogP contribution < -0.4 is 27.0 Å². The number of ether oxygens (including phenoxy) is 6. The first-order valence-corrected chi connectivity index (χ1v) is 21.3. The Balaban J connectivity index is 1.81. The number of aliphatic carboxylic acids is 1. The Labute approximate surface area is 344 Å². The summed E-state index contributed by atoms with van der Waals surface area (Å²) in [7, 11) is 0. The van der Waals surface area contributed by atoms with Crippen LogP contribution in [0.2, 0.25) is 0 Å². The number of carboxylic acids is 1. The van der Waals surface area contributed by atoms with Crippen molar-refractivity contribution in [3.63, 3.8) is 0 Å². The first-order chi connectivity index (χ1) is 28.3. The molecule has 17 heteroatoms. The minimum atomic E-state index is -0.966. The molecule has 0 saturated heterocycles. The third-order valence-corrected chi connectivity index (χ3v) is 9.48. The molecule has 2 aliphatic rings. The van der Waals surface area contributed by atoms with Crippen molar-refractivity contribution in [2.75, 3.05) is 72.5 Å². The molecule has 2 aliphatic carbocycles. The van der Waals surface area contributed by atoms with E-state index < -0.39 is 36.1 Å². The number of allylic oxidation sites excluding steroid dienone is 4. The first kappa shape index (κ1) is 50.4. The highest BCUT2D eigenvalue weighted by Crippen LogP contribution is 2.17. The number of carbonyl (C=O) groups is 5. The minimum Gasteiger partial charge on any atom is -0.481 e. The lowest BCUT2D eigenvalue weighted by atomic mass is 10.0. The highest BCUT2D eigenvalue weighted by molar-refractivity contribution is 5.91. The van der Waals surface area contributed by atoms with E-state index in [2.05, 4.69) is 45.6 Å². The van der Waals surface area contributed by atoms with E-state index in [0.717, 1.165) is 57.8 Å². The summed E-state index contributed by atoms with van der Waals surface area (Å²) in [4.78, 5) is 63.0. The molecule has 0 radical (unpaired) electrons. The fraction of sp³-hybridized carbons (Fsp3) is 0.780. The zero-order valence-corrected chi connectivity index (χ0v) is 34.4. The molecule has 332 valence electrons. The summed E-state index contributed by atoms with van der Waals surface area (Å²) in [5.41, 5.74) is 5.71. The summed E-state index contributed by atoms with van der Waals surface area (Å²) < 4.78 is 32.9. The van der Waals surface area contributed by atoms with Crippen molar-refractivity contribution >= 4 is 30.0 Å². The molecule has 17 nitrogen and oxygen atoms in total. The number of carboxylic acid groups (broad SMARTS) is 1. The molecule has 0 fully saturated rings. The van der Waals surface area contributed by atoms with Crippen LogP contribution in [-0.2, 0) is 42.8 Å². The highest BCUT2D eigenvalue weighted by Gasteiger charge is 2.28. The second-order valence-corrected chi connectivity index (χ2v) is 14.4. The Morgan fingerprint density at radius 2 is 1.09 bits per heavy atom. The van der Waals surface area contributed by atoms with Crippen LogP contribution >= 0.6 is 0 Å². The van der Waals surface area contributed by atoms with Gasteiger partial charge in [-0.1, -0.05) is 24.3 Å². The number of hydrogen-bond donors (Lipinski definition) is 6. The number of nitrogens with two attached hydrogens (primary N) is 1. The van der Waals surface area contributed by atoms with Crippen molar-refractivity contribution in [2.45, 2.75) is 133 Å². The number of rotatable bonds is 30. The topological polar surface area (TPSA) is 235 Å². The second-order valence-electron chi connectivity index (χ2n) is 14.4. The normalized spacial score (nSPS) is 19.1. The second kappa shape index (κ2) is 34.1. The van der Waals surface area contributed by atoms with Crippen molar-refractivity contribution in [3.8, 4) is 0 Å². The molecule has 0 bridgehead atoms. The molecule has 0 spiro atoms. The number of amides is 4. The Kier molecular flexibility index (Phi) is 29.6. The average Bonchev–Trinajstić information content (AvgIpc) is 3.17. The maximum atomic E-state index is 13.7. The Hall–Kier alpha value is -3.77. The summed E-state index contributed by atoms with van der Waals surface area (Å²) in [5.74, 6) is -1.78. The van der Waals surface area contributed by atoms with Crippen LogP contribution in [0.1, 0.15) is 109 Å². The molecule has 0 aromatic heterocycles. The van der Waals surface area contributed by atoms with Crippen molar-refractivity contribution in [1.29, 1.82) is 0 Å². The van der Waals surface area contributed by atoms with E-state index in [1.807, 2.05) is 0 Å². The van der Waals surface area contributed by atoms with Gasteiger partial charge in [0.1, 0.15) is 24.3 Å². The van der Waals surface area contributed by atoms with Gasteiger partial charge in [-0.05, 0) is 109 Å². The quantitative estimate of drug-likeness (QED) is 0.0444. The Bertz CT molecular complexity index is 1210. The monoisotopic (exact) mass is 826 g/mol. The van der Waals surface area contributed by atoms with Crippen molar-refractivity contribution in [2.24, 2.45) is 5.73 Å². The molecule has 0 aromatic carbocycles. The molecule has 58 heavy (non-hydrogen) atoms. The zero-order valence-electron chi connectivity index (χ0n) is 34.4. The molecular formula is C41H71N5O12. The maximum absolute atomic E-state index is 13.7. The van der Waals surface area contributed by atoms with E-state index in [-0.39, 0.29) is 50.7 Å². The number of unbranched alkanes of at least 4 members (excludes halogenated alkanes) is 2. The molecule has 0 aliphatic heterocycles. The molecule has 4 atom stereocenters. The third-order valence-electron chi connectivity index (χ3n) is 9.48. The van der Waals surface area contributed by atoms with Gasteiger partial charge in [-0.25, -0.2) is 9.59 Å². The highest BCUT2D eigenvalue weighted by atomic mass is 16.6. The van der Waals surface area contributed by atoms with Gasteiger partial charge < -0.3 is 60.5 Å². The van der Waals surface area contributed by atoms with Gasteiger partial charge in [0.05, 0.1) is 59.3 Å². The van der Waals surface area contributed by atoms with Gasteiger partial charge in [-0.2, -0.15) is 0 Å². The lowest BCUT2D eigenvalue weighted by Gasteiger charge is -2.25. The largest absolute Gasteiger partial charge is 0.481 e. The number of hydrogen-bond acceptors (Lipinski definition) is 12. The van der Waals surface area contributed by atoms with E-state index >= 15 is 0 Å². The van der Waals surface area contributed by atoms with E-state index in [1.165, 1.54) is 0 Å². The van der Waals surface area contributed by atoms with Gasteiger partial charge in [0, 0.05) is 13.1 Å². The van der Waals surface area contributed by atoms with E-state index in [1.54, 1.807) is 0 Å². The lowest BCUT2D eigenvalue weighted by Crippen LogP contribution is -2.54. The summed E-state index contributed by atoms with van der Waals surface area (Å²) in [6, 6.07) is -1.82. The van der Waals surface area contributed by atoms with Gasteiger partial charge in [0.15, 0.2) is 0 Å². The fourth-order valence-electron chi connectivity index (χ4n) is 6.26. The molecule has 2 rings (SSSR count). The third kappa shape index (κ3) is 27.0. The van der Waals surface area contributed by atoms with E-state index in [9.17, 15) is 24.0 Å². The van der Waals surface area contributed by atoms with Gasteiger partial charge in [-0.3, -0.25) is 14.4 Å². The molecular weight excluding hydrogens is 754 g/mol. The summed E-state index contributed by atoms with van der Waals surface area (Å²) in [6.07, 6.45) is 18.5. The van der Waals surface area contributed by atoms with Crippen molar-refractivity contribution < 1.29 is 57.5 Å². The summed E-state index contributed by atoms with van der Waals surface area (Å²) in [5, 5.41) is 19.8. The SMILES string of the molecule is NCCCCC(NC(=O)C(CCCCNC(=O)OC1CC/C=C/CCC1)NC(=O)OC1CC/C=C/CCC1)C(=O)NCCOCCOCCOCCOCCC(=O)O. The van der Waals surface area contributed by atoms with Gasteiger partial charge in [-0.15, -0.1) is 0 Å². The smallest absolute Gasteiger partial charge is 0.408 e. The minimum absolute atomic E-state index is 0.0455. The van der Waals surface area contributed by atoms with E-state index in [0.29, 0.717) is 91.3 Å². The van der Waals surface area contributed by atoms with Crippen LogP contribution in [0.3, 0.4) is 0 Å². The van der Waals surface area contributed by atoms with Crippen LogP contribution in [0.5, 0.6) is 0 Å². The lowest BCUT2D eigenvalue weighted by molar-refractivity contribution is -0.138. The maximum Gasteiger partial charge on any atom is 0.408 e. The number of nitrogens with one attached hydrogen (secondary N) is 4. The van der Waals surface area contributed by atoms with Crippen LogP contribution in [0.4, 0.5) is 9.59 Å². The first-order valence-electron chi connectivity index (χ1n) is 21.3. The van der Waals surface area contributed by atoms with Crippen LogP contribution in [-0.4, -0.2) is 132 Å². The average molecular weight is 826 g/mol. The zero-order chi connectivity index (χ0) is 41.9. The Morgan fingerprint density at radius 3 is 1.67 bits per heavy atom. The van der Waals surface area contributed by atoms with Crippen molar-refractivity contribution in [1.82, 2.24) is 21.3 Å². The van der Waals surface area contributed by atoms with Crippen LogP contribution in [0.25, 0.3) is 0 Å². The van der Waals surface area contributed by atoms with Gasteiger partial charge >= 0.3 is 18.2 Å². The summed E-state index contributed by atoms with van der Waals surface area (Å²) >= 11 is 0. The standard InChI is InChI=1S/C41H71N5O12/c42-22-13-11-19-35(38(49)43-24-26-54-28-30-56-32-31-55-29-27-53-25-21-37(47)48)45-39(50)36(46-41(52)58-34-17-9-5-2-6-10-18-34)20-12-14-23-44-40(51)57-33-15-7-3-1-4-8-16-33/h1-3,5,33-36H,4,6-32,42H2,(H,43,49)(H,44,51)(H,45,50)(H,46,52)(H,47,48)/b3-1+,5-2+. The molecule has 0 aromatic rings. The molecule has 4 amide bonds. The molecule has 7 N–H and O–H groups in total. The van der Waals surface area contributed by atoms with Gasteiger partial charge in [0.2, 0.25) is 11.8 Å². The summed E-state index contributed by atoms with van der Waals surface area (Å²) in [6.45, 7) is 3.38. The number of carbonyl (C=O) groups excluding carboxylic acids is 4.